The van der Waals surface area contributed by atoms with Crippen LogP contribution in [0.15, 0.2) is 78.9 Å². The quantitative estimate of drug-likeness (QED) is 0.392. The number of aromatic nitrogens is 3. The average molecular weight is 437 g/mol. The third-order valence-corrected chi connectivity index (χ3v) is 5.42. The van der Waals surface area contributed by atoms with Gasteiger partial charge in [-0.15, -0.1) is 0 Å². The summed E-state index contributed by atoms with van der Waals surface area (Å²) in [6.07, 6.45) is 0. The first-order valence-corrected chi connectivity index (χ1v) is 10.3. The molecule has 0 aliphatic carbocycles. The maximum Gasteiger partial charge on any atom is 0.359 e. The van der Waals surface area contributed by atoms with Crippen molar-refractivity contribution < 1.29 is 19.1 Å². The van der Waals surface area contributed by atoms with Gasteiger partial charge in [0, 0.05) is 16.3 Å². The maximum atomic E-state index is 12.9. The molecule has 0 spiro atoms. The lowest BCUT2D eigenvalue weighted by atomic mass is 9.94. The molecular formula is C26H19N3O4. The molecule has 33 heavy (non-hydrogen) atoms. The molecule has 5 aromatic rings. The van der Waals surface area contributed by atoms with Crippen LogP contribution in [0.1, 0.15) is 26.5 Å². The number of para-hydroxylation sites is 2. The predicted molar refractivity (Wildman–Crippen MR) is 124 cm³/mol. The normalized spacial score (nSPS) is 10.9. The highest BCUT2D eigenvalue weighted by Gasteiger charge is 2.24. The van der Waals surface area contributed by atoms with Gasteiger partial charge in [-0.2, -0.15) is 5.10 Å². The standard InChI is InChI=1S/C26H19N3O4/c1-32-25(30)23-21(15-33-26(31)24-18-12-6-8-14-20(18)28-29-24)27-19-13-7-5-11-17(19)22(23)16-9-3-2-4-10-16/h2-14H,15H2,1H3,(H,28,29). The number of ether oxygens (including phenoxy) is 2. The number of pyridine rings is 1. The van der Waals surface area contributed by atoms with Gasteiger partial charge in [0.1, 0.15) is 6.61 Å². The minimum atomic E-state index is -0.612. The molecule has 0 amide bonds. The summed E-state index contributed by atoms with van der Waals surface area (Å²) in [5, 5.41) is 8.37. The maximum absolute atomic E-state index is 12.9. The molecule has 7 heteroatoms. The van der Waals surface area contributed by atoms with Gasteiger partial charge in [0.05, 0.1) is 29.4 Å². The second-order valence-electron chi connectivity index (χ2n) is 7.38. The van der Waals surface area contributed by atoms with Gasteiger partial charge in [-0.05, 0) is 17.7 Å². The van der Waals surface area contributed by atoms with Crippen LogP contribution in [-0.2, 0) is 16.1 Å². The Labute approximate surface area is 189 Å². The van der Waals surface area contributed by atoms with E-state index in [2.05, 4.69) is 15.2 Å². The van der Waals surface area contributed by atoms with E-state index in [1.54, 1.807) is 6.07 Å². The van der Waals surface area contributed by atoms with Crippen LogP contribution in [0.25, 0.3) is 32.9 Å². The molecule has 0 atom stereocenters. The molecule has 3 aromatic carbocycles. The number of aromatic amines is 1. The fraction of sp³-hybridized carbons (Fsp3) is 0.0769. The highest BCUT2D eigenvalue weighted by Crippen LogP contribution is 2.34. The fourth-order valence-corrected chi connectivity index (χ4v) is 3.92. The topological polar surface area (TPSA) is 94.2 Å². The third-order valence-electron chi connectivity index (χ3n) is 5.42. The summed E-state index contributed by atoms with van der Waals surface area (Å²) in [7, 11) is 1.32. The van der Waals surface area contributed by atoms with Crippen molar-refractivity contribution in [1.82, 2.24) is 15.2 Å². The van der Waals surface area contributed by atoms with Crippen LogP contribution in [0, 0.1) is 0 Å². The number of H-pyrrole nitrogens is 1. The molecule has 2 aromatic heterocycles. The zero-order valence-corrected chi connectivity index (χ0v) is 17.7. The van der Waals surface area contributed by atoms with Crippen LogP contribution in [-0.4, -0.2) is 34.2 Å². The first-order valence-electron chi connectivity index (χ1n) is 10.3. The lowest BCUT2D eigenvalue weighted by molar-refractivity contribution is 0.0451. The molecule has 0 unspecified atom stereocenters. The zero-order chi connectivity index (χ0) is 22.8. The molecule has 0 radical (unpaired) electrons. The van der Waals surface area contributed by atoms with Crippen molar-refractivity contribution >= 4 is 33.7 Å². The van der Waals surface area contributed by atoms with Crippen molar-refractivity contribution in [2.24, 2.45) is 0 Å². The van der Waals surface area contributed by atoms with Crippen molar-refractivity contribution in [2.45, 2.75) is 6.61 Å². The van der Waals surface area contributed by atoms with Gasteiger partial charge in [-0.25, -0.2) is 14.6 Å². The number of nitrogens with zero attached hydrogens (tertiary/aromatic N) is 2. The number of benzene rings is 3. The van der Waals surface area contributed by atoms with Crippen LogP contribution in [0.2, 0.25) is 0 Å². The molecule has 162 valence electrons. The smallest absolute Gasteiger partial charge is 0.359 e. The van der Waals surface area contributed by atoms with E-state index in [0.717, 1.165) is 16.5 Å². The number of nitrogens with one attached hydrogen (secondary N) is 1. The summed E-state index contributed by atoms with van der Waals surface area (Å²) < 4.78 is 10.7. The monoisotopic (exact) mass is 437 g/mol. The van der Waals surface area contributed by atoms with Gasteiger partial charge < -0.3 is 9.47 Å². The Morgan fingerprint density at radius 3 is 2.33 bits per heavy atom. The van der Waals surface area contributed by atoms with Gasteiger partial charge in [-0.3, -0.25) is 5.10 Å². The molecule has 0 saturated carbocycles. The van der Waals surface area contributed by atoms with Crippen LogP contribution in [0.3, 0.4) is 0 Å². The summed E-state index contributed by atoms with van der Waals surface area (Å²) in [5.74, 6) is -1.16. The lowest BCUT2D eigenvalue weighted by Gasteiger charge is -2.16. The summed E-state index contributed by atoms with van der Waals surface area (Å²) in [4.78, 5) is 30.4. The number of fused-ring (bicyclic) bond motifs is 2. The molecule has 0 fully saturated rings. The van der Waals surface area contributed by atoms with Gasteiger partial charge in [0.25, 0.3) is 0 Å². The van der Waals surface area contributed by atoms with E-state index in [1.165, 1.54) is 7.11 Å². The molecular weight excluding hydrogens is 418 g/mol. The Bertz CT molecular complexity index is 1490. The predicted octanol–water partition coefficient (Wildman–Crippen LogP) is 4.92. The van der Waals surface area contributed by atoms with E-state index in [1.807, 2.05) is 72.8 Å². The van der Waals surface area contributed by atoms with Crippen LogP contribution >= 0.6 is 0 Å². The van der Waals surface area contributed by atoms with Gasteiger partial charge >= 0.3 is 11.9 Å². The number of esters is 2. The third kappa shape index (κ3) is 3.70. The van der Waals surface area contributed by atoms with E-state index < -0.39 is 11.9 Å². The van der Waals surface area contributed by atoms with Crippen molar-refractivity contribution in [3.63, 3.8) is 0 Å². The Balaban J connectivity index is 1.60. The molecule has 7 nitrogen and oxygen atoms in total. The van der Waals surface area contributed by atoms with E-state index in [-0.39, 0.29) is 17.9 Å². The number of rotatable bonds is 5. The second kappa shape index (κ2) is 8.55. The summed E-state index contributed by atoms with van der Waals surface area (Å²) in [6, 6.07) is 24.3. The van der Waals surface area contributed by atoms with Crippen molar-refractivity contribution in [3.05, 3.63) is 95.8 Å². The zero-order valence-electron chi connectivity index (χ0n) is 17.7. The molecule has 1 N–H and O–H groups in total. The van der Waals surface area contributed by atoms with Crippen molar-refractivity contribution in [1.29, 1.82) is 0 Å². The van der Waals surface area contributed by atoms with Gasteiger partial charge in [-0.1, -0.05) is 66.7 Å². The molecule has 2 heterocycles. The van der Waals surface area contributed by atoms with Gasteiger partial charge in [0.2, 0.25) is 0 Å². The average Bonchev–Trinajstić information content (AvgIpc) is 3.30. The lowest BCUT2D eigenvalue weighted by Crippen LogP contribution is -2.14. The molecule has 0 aliphatic heterocycles. The minimum absolute atomic E-state index is 0.175. The van der Waals surface area contributed by atoms with Crippen LogP contribution < -0.4 is 0 Å². The summed E-state index contributed by atoms with van der Waals surface area (Å²) >= 11 is 0. The second-order valence-corrected chi connectivity index (χ2v) is 7.38. The molecule has 0 bridgehead atoms. The van der Waals surface area contributed by atoms with Gasteiger partial charge in [0.15, 0.2) is 5.69 Å². The summed E-state index contributed by atoms with van der Waals surface area (Å²) in [5.41, 5.74) is 3.69. The molecule has 0 saturated heterocycles. The Kier molecular flexibility index (Phi) is 5.28. The SMILES string of the molecule is COC(=O)c1c(COC(=O)c2n[nH]c3ccccc23)nc2ccccc2c1-c1ccccc1. The van der Waals surface area contributed by atoms with Crippen LogP contribution in [0.5, 0.6) is 0 Å². The van der Waals surface area contributed by atoms with E-state index in [4.69, 9.17) is 9.47 Å². The Morgan fingerprint density at radius 2 is 1.55 bits per heavy atom. The highest BCUT2D eigenvalue weighted by molar-refractivity contribution is 6.08. The summed E-state index contributed by atoms with van der Waals surface area (Å²) in [6.45, 7) is -0.213. The fourth-order valence-electron chi connectivity index (χ4n) is 3.92. The number of hydrogen-bond donors (Lipinski definition) is 1. The van der Waals surface area contributed by atoms with E-state index >= 15 is 0 Å². The number of hydrogen-bond acceptors (Lipinski definition) is 6. The molecule has 5 rings (SSSR count). The number of carbonyl (C=O) groups excluding carboxylic acids is 2. The largest absolute Gasteiger partial charge is 0.465 e. The number of carbonyl (C=O) groups is 2. The Hall–Kier alpha value is -4.52. The van der Waals surface area contributed by atoms with E-state index in [9.17, 15) is 9.59 Å². The highest BCUT2D eigenvalue weighted by atomic mass is 16.5. The minimum Gasteiger partial charge on any atom is -0.465 e. The van der Waals surface area contributed by atoms with Crippen LogP contribution in [0.4, 0.5) is 0 Å². The number of methoxy groups -OCH3 is 1. The van der Waals surface area contributed by atoms with Crippen molar-refractivity contribution in [2.75, 3.05) is 7.11 Å². The Morgan fingerprint density at radius 1 is 0.848 bits per heavy atom. The van der Waals surface area contributed by atoms with Crippen molar-refractivity contribution in [3.8, 4) is 11.1 Å². The molecule has 0 aliphatic rings. The van der Waals surface area contributed by atoms with E-state index in [0.29, 0.717) is 22.2 Å². The first-order chi connectivity index (χ1) is 16.2. The first kappa shape index (κ1) is 20.4.